The minimum absolute atomic E-state index is 0.0218. The van der Waals surface area contributed by atoms with Crippen molar-refractivity contribution < 1.29 is 9.59 Å². The molecule has 0 radical (unpaired) electrons. The summed E-state index contributed by atoms with van der Waals surface area (Å²) in [5.74, 6) is 0.290. The molecule has 31 heavy (non-hydrogen) atoms. The molecule has 4 heterocycles. The fourth-order valence-electron chi connectivity index (χ4n) is 3.78. The Kier molecular flexibility index (Phi) is 6.47. The second-order valence-electron chi connectivity index (χ2n) is 7.72. The summed E-state index contributed by atoms with van der Waals surface area (Å²) in [7, 11) is 0. The first-order valence-electron chi connectivity index (χ1n) is 10.4. The number of carbonyl (C=O) groups excluding carboxylic acids is 2. The van der Waals surface area contributed by atoms with Crippen LogP contribution in [-0.2, 0) is 0 Å². The van der Waals surface area contributed by atoms with Gasteiger partial charge in [0, 0.05) is 45.3 Å². The molecule has 11 nitrogen and oxygen atoms in total. The van der Waals surface area contributed by atoms with Crippen molar-refractivity contribution in [2.45, 2.75) is 25.8 Å². The van der Waals surface area contributed by atoms with E-state index in [1.54, 1.807) is 6.20 Å². The minimum atomic E-state index is -0.650. The Morgan fingerprint density at radius 2 is 2.10 bits per heavy atom. The molecule has 166 valence electrons. The first-order chi connectivity index (χ1) is 15.0. The van der Waals surface area contributed by atoms with Crippen LogP contribution in [0.4, 0.5) is 21.4 Å². The number of aromatic nitrogens is 3. The molecule has 2 aliphatic heterocycles. The lowest BCUT2D eigenvalue weighted by Gasteiger charge is -2.36. The second kappa shape index (κ2) is 9.43. The summed E-state index contributed by atoms with van der Waals surface area (Å²) in [4.78, 5) is 37.2. The standard InChI is InChI=1S/C19H27N9O2S/c1-12-9-15(31-26-12)25-18-16(17(20)29)22-10-14(24-18)28-6-2-3-13(11-28)23-19(30)27-7-4-21-5-8-27/h9-10,13,21H,2-8,11H2,1H3,(H2,20,29)(H,23,30)(H,24,25)/t13-/m1/s1. The highest BCUT2D eigenvalue weighted by atomic mass is 32.1. The van der Waals surface area contributed by atoms with E-state index in [0.29, 0.717) is 31.3 Å². The third-order valence-electron chi connectivity index (χ3n) is 5.34. The van der Waals surface area contributed by atoms with Crippen LogP contribution in [0.25, 0.3) is 0 Å². The molecule has 2 saturated heterocycles. The summed E-state index contributed by atoms with van der Waals surface area (Å²) in [6.45, 7) is 6.39. The van der Waals surface area contributed by atoms with Crippen LogP contribution in [0.2, 0.25) is 0 Å². The number of nitrogens with two attached hydrogens (primary N) is 1. The van der Waals surface area contributed by atoms with Crippen LogP contribution in [0, 0.1) is 6.92 Å². The lowest BCUT2D eigenvalue weighted by Crippen LogP contribution is -2.55. The van der Waals surface area contributed by atoms with Gasteiger partial charge in [-0.2, -0.15) is 4.37 Å². The smallest absolute Gasteiger partial charge is 0.317 e. The van der Waals surface area contributed by atoms with Crippen molar-refractivity contribution >= 4 is 40.1 Å². The monoisotopic (exact) mass is 445 g/mol. The van der Waals surface area contributed by atoms with Crippen molar-refractivity contribution in [3.05, 3.63) is 23.7 Å². The van der Waals surface area contributed by atoms with Crippen LogP contribution in [-0.4, -0.2) is 76.5 Å². The predicted octanol–water partition coefficient (Wildman–Crippen LogP) is 0.668. The molecule has 0 spiro atoms. The highest BCUT2D eigenvalue weighted by Gasteiger charge is 2.26. The number of anilines is 3. The van der Waals surface area contributed by atoms with Gasteiger partial charge in [-0.05, 0) is 37.4 Å². The molecule has 2 aromatic heterocycles. The van der Waals surface area contributed by atoms with Crippen LogP contribution in [0.3, 0.4) is 0 Å². The lowest BCUT2D eigenvalue weighted by atomic mass is 10.1. The summed E-state index contributed by atoms with van der Waals surface area (Å²) >= 11 is 1.28. The maximum absolute atomic E-state index is 12.6. The van der Waals surface area contributed by atoms with Crippen molar-refractivity contribution in [1.82, 2.24) is 29.9 Å². The Hall–Kier alpha value is -2.99. The van der Waals surface area contributed by atoms with Crippen molar-refractivity contribution in [2.75, 3.05) is 49.5 Å². The normalized spacial score (nSPS) is 19.2. The maximum Gasteiger partial charge on any atom is 0.317 e. The molecule has 4 rings (SSSR count). The average Bonchev–Trinajstić information content (AvgIpc) is 3.19. The van der Waals surface area contributed by atoms with Crippen LogP contribution >= 0.6 is 11.5 Å². The molecule has 0 unspecified atom stereocenters. The van der Waals surface area contributed by atoms with E-state index >= 15 is 0 Å². The number of primary amides is 1. The Bertz CT molecular complexity index is 944. The van der Waals surface area contributed by atoms with E-state index in [9.17, 15) is 9.59 Å². The van der Waals surface area contributed by atoms with Gasteiger partial charge in [-0.25, -0.2) is 14.8 Å². The first-order valence-corrected chi connectivity index (χ1v) is 11.2. The molecule has 0 aliphatic carbocycles. The van der Waals surface area contributed by atoms with Gasteiger partial charge in [-0.1, -0.05) is 0 Å². The Balaban J connectivity index is 1.46. The number of hydrogen-bond acceptors (Lipinski definition) is 9. The Labute approximate surface area is 184 Å². The molecule has 12 heteroatoms. The molecule has 2 aromatic rings. The molecule has 0 bridgehead atoms. The van der Waals surface area contributed by atoms with E-state index in [2.05, 4.69) is 35.2 Å². The van der Waals surface area contributed by atoms with E-state index in [1.807, 2.05) is 17.9 Å². The van der Waals surface area contributed by atoms with E-state index in [4.69, 9.17) is 5.73 Å². The highest BCUT2D eigenvalue weighted by molar-refractivity contribution is 7.10. The van der Waals surface area contributed by atoms with Gasteiger partial charge in [-0.3, -0.25) is 4.79 Å². The molecule has 2 aliphatic rings. The van der Waals surface area contributed by atoms with Gasteiger partial charge in [0.15, 0.2) is 11.5 Å². The summed E-state index contributed by atoms with van der Waals surface area (Å²) in [5.41, 5.74) is 6.44. The van der Waals surface area contributed by atoms with Gasteiger partial charge >= 0.3 is 6.03 Å². The first kappa shape index (κ1) is 21.2. The third-order valence-corrected chi connectivity index (χ3v) is 6.14. The molecular weight excluding hydrogens is 418 g/mol. The summed E-state index contributed by atoms with van der Waals surface area (Å²) in [6.07, 6.45) is 3.39. The molecule has 2 fully saturated rings. The van der Waals surface area contributed by atoms with E-state index in [0.717, 1.165) is 43.2 Å². The number of amides is 3. The number of piperazine rings is 1. The van der Waals surface area contributed by atoms with E-state index < -0.39 is 5.91 Å². The second-order valence-corrected chi connectivity index (χ2v) is 8.52. The van der Waals surface area contributed by atoms with Crippen LogP contribution in [0.1, 0.15) is 29.0 Å². The average molecular weight is 446 g/mol. The Morgan fingerprint density at radius 1 is 1.29 bits per heavy atom. The number of piperidine rings is 1. The number of rotatable bonds is 5. The molecular formula is C19H27N9O2S. The van der Waals surface area contributed by atoms with Gasteiger partial charge in [-0.15, -0.1) is 0 Å². The summed E-state index contributed by atoms with van der Waals surface area (Å²) in [5, 5.41) is 10.3. The minimum Gasteiger partial charge on any atom is -0.364 e. The van der Waals surface area contributed by atoms with Gasteiger partial charge in [0.05, 0.1) is 11.9 Å². The zero-order chi connectivity index (χ0) is 21.8. The molecule has 0 saturated carbocycles. The quantitative estimate of drug-likeness (QED) is 0.526. The molecule has 3 amide bonds. The topological polar surface area (TPSA) is 141 Å². The highest BCUT2D eigenvalue weighted by Crippen LogP contribution is 2.25. The zero-order valence-corrected chi connectivity index (χ0v) is 18.2. The maximum atomic E-state index is 12.6. The number of carbonyl (C=O) groups is 2. The lowest BCUT2D eigenvalue weighted by molar-refractivity contribution is 0.0996. The molecule has 0 aromatic carbocycles. The number of nitrogens with zero attached hydrogens (tertiary/aromatic N) is 5. The predicted molar refractivity (Wildman–Crippen MR) is 119 cm³/mol. The van der Waals surface area contributed by atoms with E-state index in [1.165, 1.54) is 11.5 Å². The SMILES string of the molecule is Cc1cc(Nc2nc(N3CCC[C@@H](NC(=O)N4CCNCC4)C3)cnc2C(N)=O)sn1. The van der Waals surface area contributed by atoms with Gasteiger partial charge in [0.25, 0.3) is 5.91 Å². The number of nitrogens with one attached hydrogen (secondary N) is 3. The fourth-order valence-corrected chi connectivity index (χ4v) is 4.44. The van der Waals surface area contributed by atoms with Crippen LogP contribution < -0.4 is 26.6 Å². The fraction of sp³-hybridized carbons (Fsp3) is 0.526. The van der Waals surface area contributed by atoms with E-state index in [-0.39, 0.29) is 17.8 Å². The molecule has 1 atom stereocenters. The van der Waals surface area contributed by atoms with Crippen molar-refractivity contribution in [2.24, 2.45) is 5.73 Å². The van der Waals surface area contributed by atoms with Gasteiger partial charge < -0.3 is 31.5 Å². The largest absolute Gasteiger partial charge is 0.364 e. The van der Waals surface area contributed by atoms with Crippen LogP contribution in [0.5, 0.6) is 0 Å². The van der Waals surface area contributed by atoms with Crippen molar-refractivity contribution in [3.63, 3.8) is 0 Å². The zero-order valence-electron chi connectivity index (χ0n) is 17.4. The third kappa shape index (κ3) is 5.20. The Morgan fingerprint density at radius 3 is 2.81 bits per heavy atom. The number of hydrogen-bond donors (Lipinski definition) is 4. The summed E-state index contributed by atoms with van der Waals surface area (Å²) < 4.78 is 4.23. The van der Waals surface area contributed by atoms with Crippen molar-refractivity contribution in [3.8, 4) is 0 Å². The number of aryl methyl sites for hydroxylation is 1. The van der Waals surface area contributed by atoms with Crippen LogP contribution in [0.15, 0.2) is 12.3 Å². The van der Waals surface area contributed by atoms with Gasteiger partial charge in [0.2, 0.25) is 0 Å². The summed E-state index contributed by atoms with van der Waals surface area (Å²) in [6, 6.07) is 1.87. The molecule has 5 N–H and O–H groups in total. The van der Waals surface area contributed by atoms with Crippen molar-refractivity contribution in [1.29, 1.82) is 0 Å². The van der Waals surface area contributed by atoms with Gasteiger partial charge in [0.1, 0.15) is 10.8 Å². The number of urea groups is 1.